The highest BCUT2D eigenvalue weighted by Gasteiger charge is 2.12. The number of hydrogen-bond donors (Lipinski definition) is 1. The zero-order chi connectivity index (χ0) is 11.2. The topological polar surface area (TPSA) is 24.9 Å². The molecule has 1 fully saturated rings. The predicted molar refractivity (Wildman–Crippen MR) is 71.0 cm³/mol. The third kappa shape index (κ3) is 3.96. The Bertz CT molecular complexity index is 309. The second-order valence-electron chi connectivity index (χ2n) is 4.22. The van der Waals surface area contributed by atoms with Gasteiger partial charge < -0.3 is 5.32 Å². The molecule has 2 heterocycles. The highest BCUT2D eigenvalue weighted by atomic mass is 35.5. The molecular formula is C12H17ClN2S. The number of nitrogens with zero attached hydrogens (tertiary/aromatic N) is 1. The fourth-order valence-corrected chi connectivity index (χ4v) is 3.16. The third-order valence-corrected chi connectivity index (χ3v) is 4.28. The number of halogens is 1. The lowest BCUT2D eigenvalue weighted by molar-refractivity contribution is 0.410. The number of nitrogens with one attached hydrogen (secondary N) is 1. The molecule has 0 saturated carbocycles. The van der Waals surface area contributed by atoms with Gasteiger partial charge in [-0.15, -0.1) is 0 Å². The van der Waals surface area contributed by atoms with E-state index in [-0.39, 0.29) is 0 Å². The molecule has 1 aromatic rings. The fraction of sp³-hybridized carbons (Fsp3) is 0.583. The molecule has 1 aliphatic heterocycles. The summed E-state index contributed by atoms with van der Waals surface area (Å²) in [5.74, 6) is 3.13. The molecular weight excluding hydrogens is 240 g/mol. The average Bonchev–Trinajstić information content (AvgIpc) is 2.33. The van der Waals surface area contributed by atoms with Crippen LogP contribution in [0.5, 0.6) is 0 Å². The van der Waals surface area contributed by atoms with E-state index in [1.807, 2.05) is 24.0 Å². The molecule has 2 rings (SSSR count). The van der Waals surface area contributed by atoms with E-state index in [0.29, 0.717) is 5.15 Å². The van der Waals surface area contributed by atoms with E-state index in [1.165, 1.54) is 37.2 Å². The molecule has 0 amide bonds. The van der Waals surface area contributed by atoms with Crippen LogP contribution in [0.4, 0.5) is 0 Å². The Morgan fingerprint density at radius 2 is 2.44 bits per heavy atom. The van der Waals surface area contributed by atoms with Crippen molar-refractivity contribution in [1.82, 2.24) is 10.3 Å². The van der Waals surface area contributed by atoms with Gasteiger partial charge in [-0.05, 0) is 49.2 Å². The van der Waals surface area contributed by atoms with Gasteiger partial charge in [-0.3, -0.25) is 0 Å². The molecule has 88 valence electrons. The smallest absolute Gasteiger partial charge is 0.129 e. The highest BCUT2D eigenvalue weighted by molar-refractivity contribution is 7.98. The van der Waals surface area contributed by atoms with Crippen LogP contribution >= 0.6 is 23.4 Å². The van der Waals surface area contributed by atoms with Crippen LogP contribution in [0.3, 0.4) is 0 Å². The molecule has 4 heteroatoms. The molecule has 0 aromatic carbocycles. The quantitative estimate of drug-likeness (QED) is 0.839. The van der Waals surface area contributed by atoms with Crippen LogP contribution in [0.2, 0.25) is 5.15 Å². The first kappa shape index (κ1) is 12.2. The van der Waals surface area contributed by atoms with Gasteiger partial charge in [0.15, 0.2) is 0 Å². The molecule has 1 aromatic heterocycles. The molecule has 1 atom stereocenters. The maximum atomic E-state index is 5.74. The van der Waals surface area contributed by atoms with Gasteiger partial charge in [0.25, 0.3) is 0 Å². The van der Waals surface area contributed by atoms with Crippen LogP contribution in [0.15, 0.2) is 18.3 Å². The number of pyridine rings is 1. The first-order chi connectivity index (χ1) is 7.84. The Morgan fingerprint density at radius 1 is 1.50 bits per heavy atom. The number of thioether (sulfide) groups is 1. The number of piperidine rings is 1. The van der Waals surface area contributed by atoms with Gasteiger partial charge in [-0.1, -0.05) is 17.7 Å². The molecule has 1 saturated heterocycles. The number of rotatable bonds is 4. The Kier molecular flexibility index (Phi) is 4.94. The molecule has 16 heavy (non-hydrogen) atoms. The van der Waals surface area contributed by atoms with Gasteiger partial charge in [-0.2, -0.15) is 11.8 Å². The lowest BCUT2D eigenvalue weighted by Crippen LogP contribution is -2.30. The fourth-order valence-electron chi connectivity index (χ4n) is 1.90. The van der Waals surface area contributed by atoms with Crippen molar-refractivity contribution in [1.29, 1.82) is 0 Å². The second-order valence-corrected chi connectivity index (χ2v) is 5.63. The van der Waals surface area contributed by atoms with Crippen LogP contribution in [0.25, 0.3) is 0 Å². The first-order valence-electron chi connectivity index (χ1n) is 5.73. The van der Waals surface area contributed by atoms with E-state index >= 15 is 0 Å². The summed E-state index contributed by atoms with van der Waals surface area (Å²) < 4.78 is 0. The van der Waals surface area contributed by atoms with E-state index < -0.39 is 0 Å². The maximum absolute atomic E-state index is 5.74. The summed E-state index contributed by atoms with van der Waals surface area (Å²) >= 11 is 7.74. The van der Waals surface area contributed by atoms with Crippen molar-refractivity contribution in [3.05, 3.63) is 29.0 Å². The minimum Gasteiger partial charge on any atom is -0.316 e. The molecule has 2 nitrogen and oxygen atoms in total. The lowest BCUT2D eigenvalue weighted by atomic mass is 10.0. The number of aromatic nitrogens is 1. The molecule has 1 N–H and O–H groups in total. The lowest BCUT2D eigenvalue weighted by Gasteiger charge is -2.22. The van der Waals surface area contributed by atoms with Crippen molar-refractivity contribution >= 4 is 23.4 Å². The predicted octanol–water partition coefficient (Wildman–Crippen LogP) is 2.97. The zero-order valence-electron chi connectivity index (χ0n) is 9.29. The summed E-state index contributed by atoms with van der Waals surface area (Å²) in [6.07, 6.45) is 4.57. The van der Waals surface area contributed by atoms with Crippen molar-refractivity contribution in [2.75, 3.05) is 18.8 Å². The Hall–Kier alpha value is -0.250. The monoisotopic (exact) mass is 256 g/mol. The Morgan fingerprint density at radius 3 is 3.12 bits per heavy atom. The molecule has 0 radical (unpaired) electrons. The van der Waals surface area contributed by atoms with Crippen LogP contribution in [-0.2, 0) is 5.75 Å². The third-order valence-electron chi connectivity index (χ3n) is 2.81. The summed E-state index contributed by atoms with van der Waals surface area (Å²) in [5, 5.41) is 4.02. The van der Waals surface area contributed by atoms with Crippen LogP contribution < -0.4 is 5.32 Å². The van der Waals surface area contributed by atoms with Gasteiger partial charge in [0.1, 0.15) is 5.15 Å². The van der Waals surface area contributed by atoms with Gasteiger partial charge in [0.05, 0.1) is 0 Å². The minimum atomic E-state index is 0.574. The molecule has 1 aliphatic rings. The standard InChI is InChI=1S/C12H17ClN2S/c13-12-4-3-11(7-15-12)9-16-8-10-2-1-5-14-6-10/h3-4,7,10,14H,1-2,5-6,8-9H2/t10-/m1/s1. The molecule has 0 spiro atoms. The Labute approximate surface area is 106 Å². The highest BCUT2D eigenvalue weighted by Crippen LogP contribution is 2.20. The Balaban J connectivity index is 1.69. The van der Waals surface area contributed by atoms with Gasteiger partial charge in [0.2, 0.25) is 0 Å². The van der Waals surface area contributed by atoms with Crippen molar-refractivity contribution in [3.8, 4) is 0 Å². The summed E-state index contributed by atoms with van der Waals surface area (Å²) in [5.41, 5.74) is 1.26. The number of hydrogen-bond acceptors (Lipinski definition) is 3. The SMILES string of the molecule is Clc1ccc(CSC[C@@H]2CCCNC2)cn1. The van der Waals surface area contributed by atoms with Crippen molar-refractivity contribution < 1.29 is 0 Å². The van der Waals surface area contributed by atoms with Crippen molar-refractivity contribution in [2.24, 2.45) is 5.92 Å². The van der Waals surface area contributed by atoms with E-state index in [2.05, 4.69) is 16.4 Å². The van der Waals surface area contributed by atoms with E-state index in [4.69, 9.17) is 11.6 Å². The zero-order valence-corrected chi connectivity index (χ0v) is 10.9. The molecule has 0 unspecified atom stereocenters. The summed E-state index contributed by atoms with van der Waals surface area (Å²) in [6, 6.07) is 3.92. The molecule has 0 bridgehead atoms. The normalized spacial score (nSPS) is 20.9. The second kappa shape index (κ2) is 6.48. The first-order valence-corrected chi connectivity index (χ1v) is 7.27. The minimum absolute atomic E-state index is 0.574. The van der Waals surface area contributed by atoms with E-state index in [1.54, 1.807) is 0 Å². The summed E-state index contributed by atoms with van der Waals surface area (Å²) in [4.78, 5) is 4.08. The maximum Gasteiger partial charge on any atom is 0.129 e. The van der Waals surface area contributed by atoms with Crippen LogP contribution in [-0.4, -0.2) is 23.8 Å². The van der Waals surface area contributed by atoms with Crippen molar-refractivity contribution in [3.63, 3.8) is 0 Å². The van der Waals surface area contributed by atoms with Gasteiger partial charge >= 0.3 is 0 Å². The summed E-state index contributed by atoms with van der Waals surface area (Å²) in [7, 11) is 0. The van der Waals surface area contributed by atoms with E-state index in [9.17, 15) is 0 Å². The van der Waals surface area contributed by atoms with Gasteiger partial charge in [0, 0.05) is 11.9 Å². The van der Waals surface area contributed by atoms with Crippen LogP contribution in [0.1, 0.15) is 18.4 Å². The van der Waals surface area contributed by atoms with Crippen molar-refractivity contribution in [2.45, 2.75) is 18.6 Å². The average molecular weight is 257 g/mol. The largest absolute Gasteiger partial charge is 0.316 e. The summed E-state index contributed by atoms with van der Waals surface area (Å²) in [6.45, 7) is 2.38. The van der Waals surface area contributed by atoms with Gasteiger partial charge in [-0.25, -0.2) is 4.98 Å². The molecule has 0 aliphatic carbocycles. The van der Waals surface area contributed by atoms with Crippen LogP contribution in [0, 0.1) is 5.92 Å². The van der Waals surface area contributed by atoms with E-state index in [0.717, 1.165) is 11.7 Å².